The van der Waals surface area contributed by atoms with E-state index in [1.165, 1.54) is 27.6 Å². The van der Waals surface area contributed by atoms with Crippen molar-refractivity contribution in [2.45, 2.75) is 48.5 Å². The summed E-state index contributed by atoms with van der Waals surface area (Å²) in [6.07, 6.45) is 14.1. The van der Waals surface area contributed by atoms with E-state index in [-0.39, 0.29) is 0 Å². The van der Waals surface area contributed by atoms with E-state index in [1.54, 1.807) is 0 Å². The molecule has 0 aliphatic carbocycles. The van der Waals surface area contributed by atoms with E-state index in [0.717, 1.165) is 39.5 Å². The minimum atomic E-state index is 0.954. The smallest absolute Gasteiger partial charge is 0.0558 e. The van der Waals surface area contributed by atoms with Crippen molar-refractivity contribution in [1.82, 2.24) is 4.57 Å². The lowest BCUT2D eigenvalue weighted by Gasteiger charge is -2.27. The van der Waals surface area contributed by atoms with Gasteiger partial charge in [-0.05, 0) is 93.8 Å². The van der Waals surface area contributed by atoms with Crippen LogP contribution < -0.4 is 4.90 Å². The maximum Gasteiger partial charge on any atom is 0.0558 e. The second kappa shape index (κ2) is 18.0. The first-order valence-corrected chi connectivity index (χ1v) is 16.4. The summed E-state index contributed by atoms with van der Waals surface area (Å²) in [6.45, 7) is 26.6. The van der Waals surface area contributed by atoms with Crippen LogP contribution in [-0.4, -0.2) is 4.57 Å². The minimum absolute atomic E-state index is 0.954. The number of allylic oxidation sites excluding steroid dienone is 6. The first-order chi connectivity index (χ1) is 22.8. The Labute approximate surface area is 283 Å². The van der Waals surface area contributed by atoms with E-state index in [0.29, 0.717) is 0 Å². The zero-order valence-electron chi connectivity index (χ0n) is 29.3. The predicted octanol–water partition coefficient (Wildman–Crippen LogP) is 13.6. The fourth-order valence-corrected chi connectivity index (χ4v) is 5.50. The van der Waals surface area contributed by atoms with Gasteiger partial charge in [-0.1, -0.05) is 136 Å². The van der Waals surface area contributed by atoms with Crippen molar-refractivity contribution in [2.24, 2.45) is 0 Å². The SMILES string of the molecule is C=C/C=C(\C=C/C)N(c1cccc(C)c1)c1ccc2c(/C=C\C)c(C=C)n(C(=C)C)c2c1.CC.Cc1ccc(-c2ccccc2)cc1. The van der Waals surface area contributed by atoms with Crippen LogP contribution in [0.1, 0.15) is 57.0 Å². The van der Waals surface area contributed by atoms with Crippen molar-refractivity contribution in [3.05, 3.63) is 175 Å². The van der Waals surface area contributed by atoms with Gasteiger partial charge in [0.25, 0.3) is 0 Å². The Bertz CT molecular complexity index is 1880. The van der Waals surface area contributed by atoms with Crippen molar-refractivity contribution in [3.8, 4) is 11.1 Å². The van der Waals surface area contributed by atoms with E-state index < -0.39 is 0 Å². The number of hydrogen-bond donors (Lipinski definition) is 0. The molecule has 2 nitrogen and oxygen atoms in total. The van der Waals surface area contributed by atoms with Gasteiger partial charge < -0.3 is 9.47 Å². The van der Waals surface area contributed by atoms with Crippen LogP contribution >= 0.6 is 0 Å². The van der Waals surface area contributed by atoms with Crippen molar-refractivity contribution in [2.75, 3.05) is 4.90 Å². The number of rotatable bonds is 9. The molecule has 2 heteroatoms. The summed E-state index contributed by atoms with van der Waals surface area (Å²) in [5.41, 5.74) is 12.6. The molecule has 0 fully saturated rings. The Morgan fingerprint density at radius 2 is 1.38 bits per heavy atom. The highest BCUT2D eigenvalue weighted by Gasteiger charge is 2.18. The molecule has 5 aromatic rings. The standard InChI is InChI=1S/C30H32N2.C13H12.C2H6/c1-8-13-24(14-9-2)32(25-17-12-16-23(7)20-25)26-18-19-28-27(15-10-3)29(11-4)31(22(5)6)30(28)21-26;1-11-7-9-13(10-8-11)12-5-3-2-4-6-12;1-2/h8-21H,1,4-5H2,2-3,6-7H3;2-10H,1H3;1-2H3/b14-9-,15-10-,24-13+;;. The van der Waals surface area contributed by atoms with Crippen molar-refractivity contribution < 1.29 is 0 Å². The van der Waals surface area contributed by atoms with Crippen LogP contribution in [0.5, 0.6) is 0 Å². The molecule has 47 heavy (non-hydrogen) atoms. The van der Waals surface area contributed by atoms with Crippen molar-refractivity contribution in [3.63, 3.8) is 0 Å². The quantitative estimate of drug-likeness (QED) is 0.149. The van der Waals surface area contributed by atoms with Gasteiger partial charge in [-0.2, -0.15) is 0 Å². The third-order valence-electron chi connectivity index (χ3n) is 7.50. The molecule has 0 aliphatic rings. The summed E-state index contributed by atoms with van der Waals surface area (Å²) < 4.78 is 2.18. The van der Waals surface area contributed by atoms with Gasteiger partial charge in [0.05, 0.1) is 11.2 Å². The topological polar surface area (TPSA) is 8.17 Å². The third kappa shape index (κ3) is 8.89. The molecule has 0 saturated heterocycles. The molecule has 0 spiro atoms. The Morgan fingerprint density at radius 1 is 0.723 bits per heavy atom. The summed E-state index contributed by atoms with van der Waals surface area (Å²) in [7, 11) is 0. The highest BCUT2D eigenvalue weighted by atomic mass is 15.1. The van der Waals surface area contributed by atoms with Gasteiger partial charge in [0.1, 0.15) is 0 Å². The third-order valence-corrected chi connectivity index (χ3v) is 7.50. The highest BCUT2D eigenvalue weighted by molar-refractivity contribution is 5.98. The van der Waals surface area contributed by atoms with Gasteiger partial charge in [0.2, 0.25) is 0 Å². The van der Waals surface area contributed by atoms with Crippen LogP contribution in [-0.2, 0) is 0 Å². The van der Waals surface area contributed by atoms with Crippen LogP contribution in [0.15, 0.2) is 153 Å². The number of hydrogen-bond acceptors (Lipinski definition) is 1. The molecule has 0 atom stereocenters. The summed E-state index contributed by atoms with van der Waals surface area (Å²) >= 11 is 0. The molecule has 0 aliphatic heterocycles. The monoisotopic (exact) mass is 618 g/mol. The van der Waals surface area contributed by atoms with Crippen molar-refractivity contribution >= 4 is 40.1 Å². The lowest BCUT2D eigenvalue weighted by atomic mass is 10.0. The molecule has 4 aromatic carbocycles. The molecule has 0 saturated carbocycles. The molecule has 240 valence electrons. The van der Waals surface area contributed by atoms with Gasteiger partial charge in [-0.25, -0.2) is 0 Å². The molecule has 1 heterocycles. The van der Waals surface area contributed by atoms with E-state index in [2.05, 4.69) is 152 Å². The molecule has 1 aromatic heterocycles. The summed E-state index contributed by atoms with van der Waals surface area (Å²) in [5, 5.41) is 1.18. The van der Waals surface area contributed by atoms with Crippen LogP contribution in [0.2, 0.25) is 0 Å². The normalized spacial score (nSPS) is 11.1. The second-order valence-corrected chi connectivity index (χ2v) is 11.0. The van der Waals surface area contributed by atoms with E-state index >= 15 is 0 Å². The molecular weight excluding hydrogens is 569 g/mol. The molecule has 0 radical (unpaired) electrons. The summed E-state index contributed by atoms with van der Waals surface area (Å²) in [5.74, 6) is 0. The number of benzene rings is 4. The molecule has 0 amide bonds. The molecule has 0 bridgehead atoms. The molecule has 0 N–H and O–H groups in total. The van der Waals surface area contributed by atoms with Crippen molar-refractivity contribution in [1.29, 1.82) is 0 Å². The zero-order valence-corrected chi connectivity index (χ0v) is 29.3. The Kier molecular flexibility index (Phi) is 13.8. The highest BCUT2D eigenvalue weighted by Crippen LogP contribution is 2.37. The maximum absolute atomic E-state index is 4.24. The number of fused-ring (bicyclic) bond motifs is 1. The first kappa shape index (κ1) is 36.1. The average Bonchev–Trinajstić information content (AvgIpc) is 3.40. The lowest BCUT2D eigenvalue weighted by Crippen LogP contribution is -2.15. The van der Waals surface area contributed by atoms with Crippen LogP contribution in [0.25, 0.3) is 39.9 Å². The first-order valence-electron chi connectivity index (χ1n) is 16.4. The number of anilines is 2. The zero-order chi connectivity index (χ0) is 34.3. The van der Waals surface area contributed by atoms with Gasteiger partial charge >= 0.3 is 0 Å². The molecule has 0 unspecified atom stereocenters. The van der Waals surface area contributed by atoms with Gasteiger partial charge in [-0.15, -0.1) is 0 Å². The Morgan fingerprint density at radius 3 is 1.96 bits per heavy atom. The Balaban J connectivity index is 0.000000331. The van der Waals surface area contributed by atoms with E-state index in [9.17, 15) is 0 Å². The largest absolute Gasteiger partial charge is 0.314 e. The average molecular weight is 619 g/mol. The minimum Gasteiger partial charge on any atom is -0.314 e. The van der Waals surface area contributed by atoms with Crippen LogP contribution in [0.4, 0.5) is 11.4 Å². The van der Waals surface area contributed by atoms with E-state index in [1.807, 2.05) is 65.0 Å². The van der Waals surface area contributed by atoms with Gasteiger partial charge in [-0.3, -0.25) is 0 Å². The van der Waals surface area contributed by atoms with Gasteiger partial charge in [0.15, 0.2) is 0 Å². The summed E-state index contributed by atoms with van der Waals surface area (Å²) in [6, 6.07) is 34.2. The summed E-state index contributed by atoms with van der Waals surface area (Å²) in [4.78, 5) is 2.26. The molecule has 5 rings (SSSR count). The van der Waals surface area contributed by atoms with Crippen LogP contribution in [0.3, 0.4) is 0 Å². The van der Waals surface area contributed by atoms with E-state index in [4.69, 9.17) is 0 Å². The maximum atomic E-state index is 4.24. The number of nitrogens with zero attached hydrogens (tertiary/aromatic N) is 2. The molecular formula is C45H50N2. The number of aromatic nitrogens is 1. The fraction of sp³-hybridized carbons (Fsp3) is 0.156. The van der Waals surface area contributed by atoms with Gasteiger partial charge in [0, 0.05) is 33.7 Å². The lowest BCUT2D eigenvalue weighted by molar-refractivity contribution is 1.13. The fourth-order valence-electron chi connectivity index (χ4n) is 5.50. The predicted molar refractivity (Wildman–Crippen MR) is 212 cm³/mol. The van der Waals surface area contributed by atoms with Crippen LogP contribution in [0, 0.1) is 13.8 Å². The second-order valence-electron chi connectivity index (χ2n) is 11.0. The number of aryl methyl sites for hydroxylation is 2. The Hall–Kier alpha value is -5.34.